The second-order valence-electron chi connectivity index (χ2n) is 4.58. The van der Waals surface area contributed by atoms with E-state index in [4.69, 9.17) is 9.15 Å². The zero-order valence-corrected chi connectivity index (χ0v) is 13.2. The molecule has 1 heterocycles. The van der Waals surface area contributed by atoms with Crippen molar-refractivity contribution >= 4 is 23.6 Å². The minimum atomic E-state index is -0.509. The molecule has 6 heteroatoms. The second-order valence-corrected chi connectivity index (χ2v) is 5.43. The summed E-state index contributed by atoms with van der Waals surface area (Å²) in [5.41, 5.74) is 0.460. The molecular weight excluding hydrogens is 302 g/mol. The van der Waals surface area contributed by atoms with Gasteiger partial charge in [0.15, 0.2) is 6.61 Å². The molecule has 1 aromatic heterocycles. The SMILES string of the molecule is CSc1ccccc1C(=O)OCC(=O)N[C@H](C)c1ccco1. The molecule has 0 aliphatic carbocycles. The van der Waals surface area contributed by atoms with Gasteiger partial charge in [0.1, 0.15) is 5.76 Å². The van der Waals surface area contributed by atoms with Crippen molar-refractivity contribution in [2.75, 3.05) is 12.9 Å². The number of furan rings is 1. The topological polar surface area (TPSA) is 68.5 Å². The van der Waals surface area contributed by atoms with Crippen molar-refractivity contribution < 1.29 is 18.7 Å². The van der Waals surface area contributed by atoms with Crippen LogP contribution in [-0.2, 0) is 9.53 Å². The highest BCUT2D eigenvalue weighted by atomic mass is 32.2. The Morgan fingerprint density at radius 3 is 2.73 bits per heavy atom. The number of benzene rings is 1. The Kier molecular flexibility index (Phi) is 5.66. The number of thioether (sulfide) groups is 1. The number of rotatable bonds is 6. The van der Waals surface area contributed by atoms with Gasteiger partial charge in [-0.1, -0.05) is 12.1 Å². The maximum atomic E-state index is 12.0. The molecular formula is C16H17NO4S. The number of hydrogen-bond acceptors (Lipinski definition) is 5. The highest BCUT2D eigenvalue weighted by Crippen LogP contribution is 2.20. The predicted molar refractivity (Wildman–Crippen MR) is 83.8 cm³/mol. The van der Waals surface area contributed by atoms with Crippen molar-refractivity contribution in [3.8, 4) is 0 Å². The summed E-state index contributed by atoms with van der Waals surface area (Å²) < 4.78 is 10.3. The summed E-state index contributed by atoms with van der Waals surface area (Å²) in [6.45, 7) is 1.47. The normalized spacial score (nSPS) is 11.7. The average molecular weight is 319 g/mol. The molecule has 0 aliphatic heterocycles. The van der Waals surface area contributed by atoms with Crippen LogP contribution < -0.4 is 5.32 Å². The first-order chi connectivity index (χ1) is 10.6. The van der Waals surface area contributed by atoms with Crippen molar-refractivity contribution in [3.63, 3.8) is 0 Å². The van der Waals surface area contributed by atoms with E-state index in [1.807, 2.05) is 18.4 Å². The minimum Gasteiger partial charge on any atom is -0.467 e. The molecule has 22 heavy (non-hydrogen) atoms. The number of nitrogens with one attached hydrogen (secondary N) is 1. The van der Waals surface area contributed by atoms with E-state index >= 15 is 0 Å². The van der Waals surface area contributed by atoms with Gasteiger partial charge in [0.25, 0.3) is 5.91 Å². The minimum absolute atomic E-state index is 0.278. The molecule has 0 bridgehead atoms. The maximum Gasteiger partial charge on any atom is 0.339 e. The van der Waals surface area contributed by atoms with Crippen LogP contribution >= 0.6 is 11.8 Å². The summed E-state index contributed by atoms with van der Waals surface area (Å²) in [6.07, 6.45) is 3.42. The summed E-state index contributed by atoms with van der Waals surface area (Å²) in [5, 5.41) is 2.70. The van der Waals surface area contributed by atoms with Gasteiger partial charge in [0, 0.05) is 4.90 Å². The van der Waals surface area contributed by atoms with Gasteiger partial charge >= 0.3 is 5.97 Å². The zero-order valence-electron chi connectivity index (χ0n) is 12.4. The lowest BCUT2D eigenvalue weighted by Gasteiger charge is -2.12. The van der Waals surface area contributed by atoms with Crippen LogP contribution in [0.4, 0.5) is 0 Å². The van der Waals surface area contributed by atoms with Crippen LogP contribution in [0.5, 0.6) is 0 Å². The van der Waals surface area contributed by atoms with E-state index in [1.165, 1.54) is 18.0 Å². The quantitative estimate of drug-likeness (QED) is 0.655. The van der Waals surface area contributed by atoms with Crippen LogP contribution in [0.25, 0.3) is 0 Å². The fourth-order valence-electron chi connectivity index (χ4n) is 1.91. The smallest absolute Gasteiger partial charge is 0.339 e. The summed E-state index contributed by atoms with van der Waals surface area (Å²) in [4.78, 5) is 24.6. The molecule has 1 aromatic carbocycles. The molecule has 1 amide bonds. The lowest BCUT2D eigenvalue weighted by atomic mass is 10.2. The molecule has 0 spiro atoms. The molecule has 0 radical (unpaired) electrons. The third-order valence-electron chi connectivity index (χ3n) is 3.01. The highest BCUT2D eigenvalue weighted by Gasteiger charge is 2.16. The third-order valence-corrected chi connectivity index (χ3v) is 3.80. The number of carbonyl (C=O) groups excluding carboxylic acids is 2. The molecule has 0 fully saturated rings. The van der Waals surface area contributed by atoms with E-state index in [9.17, 15) is 9.59 Å². The van der Waals surface area contributed by atoms with Crippen LogP contribution in [0.1, 0.15) is 29.1 Å². The van der Waals surface area contributed by atoms with Crippen LogP contribution in [0.3, 0.4) is 0 Å². The molecule has 0 aliphatic rings. The molecule has 2 rings (SSSR count). The third kappa shape index (κ3) is 4.14. The lowest BCUT2D eigenvalue weighted by Crippen LogP contribution is -2.31. The zero-order chi connectivity index (χ0) is 15.9. The number of esters is 1. The summed E-state index contributed by atoms with van der Waals surface area (Å²) in [7, 11) is 0. The first-order valence-electron chi connectivity index (χ1n) is 6.74. The van der Waals surface area contributed by atoms with Crippen molar-refractivity contribution in [1.29, 1.82) is 0 Å². The van der Waals surface area contributed by atoms with Crippen molar-refractivity contribution in [2.24, 2.45) is 0 Å². The van der Waals surface area contributed by atoms with E-state index in [1.54, 1.807) is 31.2 Å². The van der Waals surface area contributed by atoms with Crippen molar-refractivity contribution in [1.82, 2.24) is 5.32 Å². The first kappa shape index (κ1) is 16.2. The van der Waals surface area contributed by atoms with E-state index in [0.29, 0.717) is 11.3 Å². The Labute approximate surface area is 133 Å². The van der Waals surface area contributed by atoms with Crippen LogP contribution in [-0.4, -0.2) is 24.7 Å². The average Bonchev–Trinajstić information content (AvgIpc) is 3.07. The molecule has 0 saturated carbocycles. The largest absolute Gasteiger partial charge is 0.467 e. The standard InChI is InChI=1S/C16H17NO4S/c1-11(13-7-5-9-20-13)17-15(18)10-21-16(19)12-6-3-4-8-14(12)22-2/h3-9,11H,10H2,1-2H3,(H,17,18)/t11-/m1/s1. The molecule has 0 unspecified atom stereocenters. The number of amides is 1. The molecule has 5 nitrogen and oxygen atoms in total. The van der Waals surface area contributed by atoms with Gasteiger partial charge in [-0.15, -0.1) is 11.8 Å². The van der Waals surface area contributed by atoms with Crippen molar-refractivity contribution in [3.05, 3.63) is 54.0 Å². The van der Waals surface area contributed by atoms with Gasteiger partial charge in [0.05, 0.1) is 17.9 Å². The van der Waals surface area contributed by atoms with Gasteiger partial charge in [-0.3, -0.25) is 4.79 Å². The van der Waals surface area contributed by atoms with Gasteiger partial charge < -0.3 is 14.5 Å². The van der Waals surface area contributed by atoms with Gasteiger partial charge in [0.2, 0.25) is 0 Å². The van der Waals surface area contributed by atoms with Crippen molar-refractivity contribution in [2.45, 2.75) is 17.9 Å². The molecule has 1 N–H and O–H groups in total. The summed E-state index contributed by atoms with van der Waals surface area (Å²) >= 11 is 1.45. The number of hydrogen-bond donors (Lipinski definition) is 1. The Hall–Kier alpha value is -2.21. The molecule has 116 valence electrons. The summed E-state index contributed by atoms with van der Waals surface area (Å²) in [5.74, 6) is -0.239. The Morgan fingerprint density at radius 1 is 1.27 bits per heavy atom. The van der Waals surface area contributed by atoms with Gasteiger partial charge in [-0.2, -0.15) is 0 Å². The fourth-order valence-corrected chi connectivity index (χ4v) is 2.50. The number of ether oxygens (including phenoxy) is 1. The molecule has 1 atom stereocenters. The van der Waals surface area contributed by atoms with E-state index in [0.717, 1.165) is 4.90 Å². The number of carbonyl (C=O) groups is 2. The van der Waals surface area contributed by atoms with E-state index in [-0.39, 0.29) is 18.6 Å². The Morgan fingerprint density at radius 2 is 2.05 bits per heavy atom. The fraction of sp³-hybridized carbons (Fsp3) is 0.250. The highest BCUT2D eigenvalue weighted by molar-refractivity contribution is 7.98. The van der Waals surface area contributed by atoms with Gasteiger partial charge in [-0.05, 0) is 37.4 Å². The Balaban J connectivity index is 1.87. The Bertz CT molecular complexity index is 639. The van der Waals surface area contributed by atoms with Crippen LogP contribution in [0, 0.1) is 0 Å². The predicted octanol–water partition coefficient (Wildman–Crippen LogP) is 3.04. The van der Waals surface area contributed by atoms with Crippen LogP contribution in [0.15, 0.2) is 52.0 Å². The van der Waals surface area contributed by atoms with E-state index in [2.05, 4.69) is 5.32 Å². The monoisotopic (exact) mass is 319 g/mol. The van der Waals surface area contributed by atoms with Crippen LogP contribution in [0.2, 0.25) is 0 Å². The molecule has 2 aromatic rings. The summed E-state index contributed by atoms with van der Waals surface area (Å²) in [6, 6.07) is 10.4. The lowest BCUT2D eigenvalue weighted by molar-refractivity contribution is -0.125. The maximum absolute atomic E-state index is 12.0. The molecule has 0 saturated heterocycles. The second kappa shape index (κ2) is 7.70. The van der Waals surface area contributed by atoms with E-state index < -0.39 is 5.97 Å². The first-order valence-corrected chi connectivity index (χ1v) is 7.97. The van der Waals surface area contributed by atoms with Gasteiger partial charge in [-0.25, -0.2) is 4.79 Å².